The molecule has 0 saturated carbocycles. The van der Waals surface area contributed by atoms with Crippen molar-refractivity contribution >= 4 is 5.78 Å². The molecule has 120 valence electrons. The number of fused-ring (bicyclic) bond motifs is 1. The number of methoxy groups -OCH3 is 3. The van der Waals surface area contributed by atoms with Crippen molar-refractivity contribution in [2.75, 3.05) is 21.3 Å². The van der Waals surface area contributed by atoms with Crippen LogP contribution in [0, 0.1) is 0 Å². The van der Waals surface area contributed by atoms with Gasteiger partial charge in [-0.2, -0.15) is 0 Å². The standard InChI is InChI=1S/C18H18O5/c1-20-11-5-7-16-14(8-11)15(19)10-18(23-16)13-6-4-12(21-2)9-17(13)22-3/h4-9,18H,10H2,1-3H3. The van der Waals surface area contributed by atoms with Gasteiger partial charge in [0.05, 0.1) is 33.3 Å². The number of ketones is 1. The van der Waals surface area contributed by atoms with Crippen molar-refractivity contribution in [2.45, 2.75) is 12.5 Å². The van der Waals surface area contributed by atoms with Crippen LogP contribution in [0.2, 0.25) is 0 Å². The molecule has 0 N–H and O–H groups in total. The van der Waals surface area contributed by atoms with Crippen LogP contribution in [-0.4, -0.2) is 27.1 Å². The van der Waals surface area contributed by atoms with Gasteiger partial charge in [0, 0.05) is 11.6 Å². The molecule has 23 heavy (non-hydrogen) atoms. The average Bonchev–Trinajstić information content (AvgIpc) is 2.60. The van der Waals surface area contributed by atoms with Gasteiger partial charge in [0.2, 0.25) is 0 Å². The maximum absolute atomic E-state index is 12.5. The zero-order chi connectivity index (χ0) is 16.4. The predicted octanol–water partition coefficient (Wildman–Crippen LogP) is 3.42. The van der Waals surface area contributed by atoms with Gasteiger partial charge in [0.25, 0.3) is 0 Å². The molecule has 0 fully saturated rings. The first-order chi connectivity index (χ1) is 11.2. The lowest BCUT2D eigenvalue weighted by Gasteiger charge is -2.27. The fourth-order valence-corrected chi connectivity index (χ4v) is 2.69. The van der Waals surface area contributed by atoms with Crippen LogP contribution in [0.25, 0.3) is 0 Å². The van der Waals surface area contributed by atoms with Gasteiger partial charge in [-0.05, 0) is 30.3 Å². The summed E-state index contributed by atoms with van der Waals surface area (Å²) in [6.07, 6.45) is -0.132. The molecule has 1 heterocycles. The Bertz CT molecular complexity index is 738. The second-order valence-electron chi connectivity index (χ2n) is 5.20. The molecule has 5 heteroatoms. The van der Waals surface area contributed by atoms with E-state index in [-0.39, 0.29) is 18.3 Å². The van der Waals surface area contributed by atoms with Crippen molar-refractivity contribution in [1.82, 2.24) is 0 Å². The Morgan fingerprint density at radius 3 is 2.35 bits per heavy atom. The van der Waals surface area contributed by atoms with Crippen LogP contribution in [0.1, 0.15) is 28.4 Å². The number of rotatable bonds is 4. The summed E-state index contributed by atoms with van der Waals surface area (Å²) in [6, 6.07) is 10.7. The van der Waals surface area contributed by atoms with Crippen LogP contribution in [0.4, 0.5) is 0 Å². The molecule has 0 saturated heterocycles. The van der Waals surface area contributed by atoms with Crippen LogP contribution in [-0.2, 0) is 0 Å². The first kappa shape index (κ1) is 15.2. The summed E-state index contributed by atoms with van der Waals surface area (Å²) in [6.45, 7) is 0. The summed E-state index contributed by atoms with van der Waals surface area (Å²) in [5.41, 5.74) is 1.37. The Balaban J connectivity index is 1.96. The van der Waals surface area contributed by atoms with E-state index < -0.39 is 0 Å². The zero-order valence-corrected chi connectivity index (χ0v) is 13.3. The number of hydrogen-bond donors (Lipinski definition) is 0. The Morgan fingerprint density at radius 1 is 0.957 bits per heavy atom. The molecule has 0 aliphatic carbocycles. The van der Waals surface area contributed by atoms with Gasteiger partial charge >= 0.3 is 0 Å². The Kier molecular flexibility index (Phi) is 4.10. The van der Waals surface area contributed by atoms with E-state index in [1.807, 2.05) is 12.1 Å². The number of carbonyl (C=O) groups is 1. The maximum Gasteiger partial charge on any atom is 0.170 e. The smallest absolute Gasteiger partial charge is 0.170 e. The van der Waals surface area contributed by atoms with Gasteiger partial charge in [-0.15, -0.1) is 0 Å². The third-order valence-electron chi connectivity index (χ3n) is 3.91. The minimum atomic E-state index is -0.385. The molecule has 0 amide bonds. The summed E-state index contributed by atoms with van der Waals surface area (Å²) in [5, 5.41) is 0. The average molecular weight is 314 g/mol. The summed E-state index contributed by atoms with van der Waals surface area (Å²) in [5.74, 6) is 2.55. The number of carbonyl (C=O) groups excluding carboxylic acids is 1. The number of Topliss-reactive ketones (excluding diaryl/α,β-unsaturated/α-hetero) is 1. The molecule has 1 atom stereocenters. The van der Waals surface area contributed by atoms with E-state index in [0.29, 0.717) is 28.6 Å². The first-order valence-electron chi connectivity index (χ1n) is 7.26. The van der Waals surface area contributed by atoms with Crippen molar-refractivity contribution in [3.05, 3.63) is 47.5 Å². The minimum Gasteiger partial charge on any atom is -0.497 e. The second kappa shape index (κ2) is 6.20. The summed E-state index contributed by atoms with van der Waals surface area (Å²) < 4.78 is 21.8. The third kappa shape index (κ3) is 2.82. The molecule has 0 aromatic heterocycles. The van der Waals surface area contributed by atoms with Gasteiger partial charge in [-0.1, -0.05) is 0 Å². The highest BCUT2D eigenvalue weighted by atomic mass is 16.5. The lowest BCUT2D eigenvalue weighted by Crippen LogP contribution is -2.21. The van der Waals surface area contributed by atoms with Crippen LogP contribution in [0.15, 0.2) is 36.4 Å². The molecule has 0 bridgehead atoms. The van der Waals surface area contributed by atoms with Gasteiger partial charge < -0.3 is 18.9 Å². The number of hydrogen-bond acceptors (Lipinski definition) is 5. The highest BCUT2D eigenvalue weighted by Gasteiger charge is 2.30. The Hall–Kier alpha value is -2.69. The van der Waals surface area contributed by atoms with Gasteiger partial charge in [0.15, 0.2) is 5.78 Å². The third-order valence-corrected chi connectivity index (χ3v) is 3.91. The van der Waals surface area contributed by atoms with Crippen LogP contribution >= 0.6 is 0 Å². The van der Waals surface area contributed by atoms with Crippen molar-refractivity contribution in [1.29, 1.82) is 0 Å². The number of benzene rings is 2. The highest BCUT2D eigenvalue weighted by molar-refractivity contribution is 6.00. The van der Waals surface area contributed by atoms with Gasteiger partial charge in [-0.3, -0.25) is 4.79 Å². The van der Waals surface area contributed by atoms with Crippen molar-refractivity contribution in [2.24, 2.45) is 0 Å². The molecule has 0 spiro atoms. The lowest BCUT2D eigenvalue weighted by molar-refractivity contribution is 0.0846. The van der Waals surface area contributed by atoms with Crippen LogP contribution < -0.4 is 18.9 Å². The van der Waals surface area contributed by atoms with Gasteiger partial charge in [0.1, 0.15) is 29.1 Å². The second-order valence-corrected chi connectivity index (χ2v) is 5.20. The molecule has 1 aliphatic rings. The zero-order valence-electron chi connectivity index (χ0n) is 13.3. The lowest BCUT2D eigenvalue weighted by atomic mass is 9.95. The van der Waals surface area contributed by atoms with Crippen LogP contribution in [0.5, 0.6) is 23.0 Å². The summed E-state index contributed by atoms with van der Waals surface area (Å²) in [4.78, 5) is 12.5. The van der Waals surface area contributed by atoms with E-state index in [4.69, 9.17) is 18.9 Å². The van der Waals surface area contributed by atoms with Crippen molar-refractivity contribution in [3.8, 4) is 23.0 Å². The van der Waals surface area contributed by atoms with Crippen molar-refractivity contribution < 1.29 is 23.7 Å². The summed E-state index contributed by atoms with van der Waals surface area (Å²) >= 11 is 0. The molecule has 5 nitrogen and oxygen atoms in total. The highest BCUT2D eigenvalue weighted by Crippen LogP contribution is 2.40. The molecular weight excluding hydrogens is 296 g/mol. The predicted molar refractivity (Wildman–Crippen MR) is 84.9 cm³/mol. The molecular formula is C18H18O5. The molecule has 3 rings (SSSR count). The van der Waals surface area contributed by atoms with E-state index in [1.165, 1.54) is 0 Å². The Morgan fingerprint density at radius 2 is 1.65 bits per heavy atom. The van der Waals surface area contributed by atoms with Gasteiger partial charge in [-0.25, -0.2) is 0 Å². The molecule has 0 radical (unpaired) electrons. The fourth-order valence-electron chi connectivity index (χ4n) is 2.69. The van der Waals surface area contributed by atoms with E-state index in [9.17, 15) is 4.79 Å². The normalized spacial score (nSPS) is 16.3. The van der Waals surface area contributed by atoms with Crippen molar-refractivity contribution in [3.63, 3.8) is 0 Å². The molecule has 2 aromatic rings. The summed E-state index contributed by atoms with van der Waals surface area (Å²) in [7, 11) is 4.75. The maximum atomic E-state index is 12.5. The molecule has 1 aliphatic heterocycles. The topological polar surface area (TPSA) is 54.0 Å². The van der Waals surface area contributed by atoms with E-state index in [1.54, 1.807) is 45.6 Å². The van der Waals surface area contributed by atoms with E-state index >= 15 is 0 Å². The minimum absolute atomic E-state index is 0.0213. The monoisotopic (exact) mass is 314 g/mol. The number of ether oxygens (including phenoxy) is 4. The Labute approximate surface area is 134 Å². The van der Waals surface area contributed by atoms with E-state index in [0.717, 1.165) is 5.56 Å². The largest absolute Gasteiger partial charge is 0.497 e. The quantitative estimate of drug-likeness (QED) is 0.865. The molecule has 1 unspecified atom stereocenters. The first-order valence-corrected chi connectivity index (χ1v) is 7.26. The van der Waals surface area contributed by atoms with E-state index in [2.05, 4.69) is 0 Å². The SMILES string of the molecule is COc1ccc(C2CC(=O)c3cc(OC)ccc3O2)c(OC)c1. The molecule has 2 aromatic carbocycles. The van der Waals surface area contributed by atoms with Crippen LogP contribution in [0.3, 0.4) is 0 Å². The fraction of sp³-hybridized carbons (Fsp3) is 0.278.